The Morgan fingerprint density at radius 3 is 2.43 bits per heavy atom. The third-order valence-electron chi connectivity index (χ3n) is 2.44. The van der Waals surface area contributed by atoms with Crippen LogP contribution in [-0.4, -0.2) is 24.5 Å². The molecule has 1 aliphatic heterocycles. The van der Waals surface area contributed by atoms with Crippen LogP contribution < -0.4 is 0 Å². The molecule has 0 aliphatic carbocycles. The van der Waals surface area contributed by atoms with Crippen molar-refractivity contribution in [2.24, 2.45) is 0 Å². The standard InChI is InChI=1S/C10H14O4/c1-6-7(2)14-10(3,9(6)12)5-8(11)13-4/h5H2,1-4H3. The molecule has 4 heteroatoms. The molecule has 0 spiro atoms. The van der Waals surface area contributed by atoms with Gasteiger partial charge in [0.1, 0.15) is 5.76 Å². The van der Waals surface area contributed by atoms with E-state index in [2.05, 4.69) is 4.74 Å². The number of ether oxygens (including phenoxy) is 2. The second kappa shape index (κ2) is 3.44. The van der Waals surface area contributed by atoms with Crippen LogP contribution in [0.25, 0.3) is 0 Å². The zero-order valence-electron chi connectivity index (χ0n) is 8.84. The van der Waals surface area contributed by atoms with Crippen molar-refractivity contribution >= 4 is 11.8 Å². The molecule has 0 fully saturated rings. The van der Waals surface area contributed by atoms with E-state index in [1.807, 2.05) is 0 Å². The molecular weight excluding hydrogens is 184 g/mol. The molecule has 78 valence electrons. The zero-order valence-corrected chi connectivity index (χ0v) is 8.84. The Labute approximate surface area is 82.9 Å². The maximum absolute atomic E-state index is 11.7. The molecule has 1 unspecified atom stereocenters. The third kappa shape index (κ3) is 1.64. The molecule has 14 heavy (non-hydrogen) atoms. The summed E-state index contributed by atoms with van der Waals surface area (Å²) in [6.45, 7) is 5.02. The van der Waals surface area contributed by atoms with E-state index in [4.69, 9.17) is 4.74 Å². The van der Waals surface area contributed by atoms with E-state index in [0.717, 1.165) is 0 Å². The second-order valence-corrected chi connectivity index (χ2v) is 3.60. The summed E-state index contributed by atoms with van der Waals surface area (Å²) in [6, 6.07) is 0. The lowest BCUT2D eigenvalue weighted by Gasteiger charge is -2.21. The van der Waals surface area contributed by atoms with Crippen LogP contribution >= 0.6 is 0 Å². The molecule has 0 aromatic rings. The molecule has 1 rings (SSSR count). The average molecular weight is 198 g/mol. The van der Waals surface area contributed by atoms with Crippen molar-refractivity contribution in [1.82, 2.24) is 0 Å². The number of esters is 1. The van der Waals surface area contributed by atoms with Crippen molar-refractivity contribution in [2.45, 2.75) is 32.8 Å². The van der Waals surface area contributed by atoms with Gasteiger partial charge in [-0.2, -0.15) is 0 Å². The van der Waals surface area contributed by atoms with Crippen molar-refractivity contribution in [1.29, 1.82) is 0 Å². The summed E-state index contributed by atoms with van der Waals surface area (Å²) in [5.41, 5.74) is -0.488. The summed E-state index contributed by atoms with van der Waals surface area (Å²) in [7, 11) is 1.29. The van der Waals surface area contributed by atoms with Crippen LogP contribution in [0.4, 0.5) is 0 Å². The van der Waals surface area contributed by atoms with Gasteiger partial charge in [-0.1, -0.05) is 0 Å². The molecule has 0 aromatic heterocycles. The summed E-state index contributed by atoms with van der Waals surface area (Å²) in [5, 5.41) is 0. The first-order chi connectivity index (χ1) is 6.40. The SMILES string of the molecule is COC(=O)CC1(C)OC(C)=C(C)C1=O. The largest absolute Gasteiger partial charge is 0.483 e. The quantitative estimate of drug-likeness (QED) is 0.625. The molecule has 0 saturated carbocycles. The van der Waals surface area contributed by atoms with Crippen LogP contribution in [0.1, 0.15) is 27.2 Å². The van der Waals surface area contributed by atoms with E-state index < -0.39 is 11.6 Å². The Hall–Kier alpha value is -1.32. The van der Waals surface area contributed by atoms with Gasteiger partial charge in [-0.15, -0.1) is 0 Å². The lowest BCUT2D eigenvalue weighted by Crippen LogP contribution is -2.36. The summed E-state index contributed by atoms with van der Waals surface area (Å²) in [5.74, 6) is 0.00477. The molecular formula is C10H14O4. The number of hydrogen-bond acceptors (Lipinski definition) is 4. The fourth-order valence-electron chi connectivity index (χ4n) is 1.48. The van der Waals surface area contributed by atoms with Crippen molar-refractivity contribution in [3.8, 4) is 0 Å². The lowest BCUT2D eigenvalue weighted by molar-refractivity contribution is -0.149. The molecule has 0 amide bonds. The lowest BCUT2D eigenvalue weighted by atomic mass is 9.94. The maximum atomic E-state index is 11.7. The highest BCUT2D eigenvalue weighted by molar-refractivity contribution is 6.05. The number of allylic oxidation sites excluding steroid dienone is 1. The Bertz CT molecular complexity index is 316. The van der Waals surface area contributed by atoms with Gasteiger partial charge in [-0.3, -0.25) is 9.59 Å². The monoisotopic (exact) mass is 198 g/mol. The van der Waals surface area contributed by atoms with E-state index >= 15 is 0 Å². The third-order valence-corrected chi connectivity index (χ3v) is 2.44. The van der Waals surface area contributed by atoms with Gasteiger partial charge in [-0.05, 0) is 20.8 Å². The Kier molecular flexibility index (Phi) is 2.64. The Morgan fingerprint density at radius 1 is 1.50 bits per heavy atom. The van der Waals surface area contributed by atoms with Crippen LogP contribution in [0.15, 0.2) is 11.3 Å². The Morgan fingerprint density at radius 2 is 2.07 bits per heavy atom. The van der Waals surface area contributed by atoms with E-state index in [1.165, 1.54) is 7.11 Å². The van der Waals surface area contributed by atoms with Gasteiger partial charge in [0.15, 0.2) is 5.60 Å². The normalized spacial score (nSPS) is 26.4. The van der Waals surface area contributed by atoms with Gasteiger partial charge < -0.3 is 9.47 Å². The Balaban J connectivity index is 2.81. The second-order valence-electron chi connectivity index (χ2n) is 3.60. The molecule has 0 radical (unpaired) electrons. The molecule has 4 nitrogen and oxygen atoms in total. The number of carbonyl (C=O) groups is 2. The average Bonchev–Trinajstić information content (AvgIpc) is 2.30. The van der Waals surface area contributed by atoms with E-state index in [1.54, 1.807) is 20.8 Å². The van der Waals surface area contributed by atoms with Crippen LogP contribution in [-0.2, 0) is 19.1 Å². The molecule has 0 bridgehead atoms. The van der Waals surface area contributed by atoms with Crippen LogP contribution in [0.5, 0.6) is 0 Å². The van der Waals surface area contributed by atoms with Crippen molar-refractivity contribution in [3.63, 3.8) is 0 Å². The van der Waals surface area contributed by atoms with Gasteiger partial charge in [0.25, 0.3) is 0 Å². The summed E-state index contributed by atoms with van der Waals surface area (Å²) >= 11 is 0. The van der Waals surface area contributed by atoms with Gasteiger partial charge >= 0.3 is 5.97 Å². The molecule has 1 atom stereocenters. The van der Waals surface area contributed by atoms with Gasteiger partial charge in [0, 0.05) is 5.57 Å². The minimum Gasteiger partial charge on any atom is -0.483 e. The zero-order chi connectivity index (χ0) is 10.9. The number of methoxy groups -OCH3 is 1. The van der Waals surface area contributed by atoms with Crippen molar-refractivity contribution < 1.29 is 19.1 Å². The van der Waals surface area contributed by atoms with E-state index in [9.17, 15) is 9.59 Å². The number of rotatable bonds is 2. The minimum atomic E-state index is -1.07. The number of hydrogen-bond donors (Lipinski definition) is 0. The summed E-state index contributed by atoms with van der Waals surface area (Å²) in [4.78, 5) is 22.8. The first kappa shape index (κ1) is 10.8. The maximum Gasteiger partial charge on any atom is 0.310 e. The molecule has 0 aromatic carbocycles. The van der Waals surface area contributed by atoms with Crippen molar-refractivity contribution in [2.75, 3.05) is 7.11 Å². The van der Waals surface area contributed by atoms with Crippen molar-refractivity contribution in [3.05, 3.63) is 11.3 Å². The van der Waals surface area contributed by atoms with Gasteiger partial charge in [0.05, 0.1) is 13.5 Å². The molecule has 0 saturated heterocycles. The number of Topliss-reactive ketones (excluding diaryl/α,β-unsaturated/α-hetero) is 1. The smallest absolute Gasteiger partial charge is 0.310 e. The number of ketones is 1. The fourth-order valence-corrected chi connectivity index (χ4v) is 1.48. The predicted octanol–water partition coefficient (Wildman–Crippen LogP) is 1.20. The first-order valence-electron chi connectivity index (χ1n) is 4.39. The topological polar surface area (TPSA) is 52.6 Å². The number of carbonyl (C=O) groups excluding carboxylic acids is 2. The molecule has 0 N–H and O–H groups in total. The molecule has 1 aliphatic rings. The fraction of sp³-hybridized carbons (Fsp3) is 0.600. The van der Waals surface area contributed by atoms with Crippen LogP contribution in [0, 0.1) is 0 Å². The van der Waals surface area contributed by atoms with Crippen LogP contribution in [0.3, 0.4) is 0 Å². The highest BCUT2D eigenvalue weighted by Gasteiger charge is 2.44. The summed E-state index contributed by atoms with van der Waals surface area (Å²) < 4.78 is 9.88. The summed E-state index contributed by atoms with van der Waals surface area (Å²) in [6.07, 6.45) is -0.0446. The van der Waals surface area contributed by atoms with E-state index in [0.29, 0.717) is 11.3 Å². The van der Waals surface area contributed by atoms with Crippen LogP contribution in [0.2, 0.25) is 0 Å². The van der Waals surface area contributed by atoms with Gasteiger partial charge in [0.2, 0.25) is 5.78 Å². The highest BCUT2D eigenvalue weighted by atomic mass is 16.5. The predicted molar refractivity (Wildman–Crippen MR) is 49.5 cm³/mol. The van der Waals surface area contributed by atoms with E-state index in [-0.39, 0.29) is 12.2 Å². The van der Waals surface area contributed by atoms with Gasteiger partial charge in [-0.25, -0.2) is 0 Å². The highest BCUT2D eigenvalue weighted by Crippen LogP contribution is 2.32. The molecule has 1 heterocycles. The first-order valence-corrected chi connectivity index (χ1v) is 4.39. The minimum absolute atomic E-state index is 0.0446.